The van der Waals surface area contributed by atoms with Crippen LogP contribution in [-0.2, 0) is 19.1 Å². The number of rotatable bonds is 6. The number of methoxy groups -OCH3 is 1. The molecule has 0 bridgehead atoms. The van der Waals surface area contributed by atoms with Crippen LogP contribution in [0.2, 0.25) is 0 Å². The Morgan fingerprint density at radius 2 is 1.96 bits per heavy atom. The zero-order valence-corrected chi connectivity index (χ0v) is 26.4. The highest BCUT2D eigenvalue weighted by Gasteiger charge is 2.62. The van der Waals surface area contributed by atoms with Gasteiger partial charge in [-0.25, -0.2) is 9.78 Å². The summed E-state index contributed by atoms with van der Waals surface area (Å²) in [7, 11) is 1.61. The molecule has 5 unspecified atom stereocenters. The van der Waals surface area contributed by atoms with Crippen molar-refractivity contribution in [3.05, 3.63) is 48.0 Å². The highest BCUT2D eigenvalue weighted by Crippen LogP contribution is 2.46. The number of nitrogens with two attached hydrogens (primary N) is 1. The van der Waals surface area contributed by atoms with Gasteiger partial charge in [0.25, 0.3) is 0 Å². The zero-order chi connectivity index (χ0) is 31.6. The zero-order valence-electron chi connectivity index (χ0n) is 25.6. The van der Waals surface area contributed by atoms with Crippen molar-refractivity contribution in [2.45, 2.75) is 75.5 Å². The van der Waals surface area contributed by atoms with E-state index in [0.717, 1.165) is 37.0 Å². The molecule has 3 aromatic rings. The van der Waals surface area contributed by atoms with Crippen molar-refractivity contribution in [1.29, 1.82) is 0 Å². The van der Waals surface area contributed by atoms with Crippen LogP contribution < -0.4 is 15.8 Å². The van der Waals surface area contributed by atoms with Gasteiger partial charge >= 0.3 is 5.97 Å². The normalized spacial score (nSPS) is 27.1. The Kier molecular flexibility index (Phi) is 8.99. The molecular weight excluding hydrogens is 594 g/mol. The van der Waals surface area contributed by atoms with Gasteiger partial charge in [0.05, 0.1) is 25.8 Å². The van der Waals surface area contributed by atoms with E-state index in [9.17, 15) is 14.4 Å². The van der Waals surface area contributed by atoms with Crippen LogP contribution in [0.5, 0.6) is 5.75 Å². The van der Waals surface area contributed by atoms with Gasteiger partial charge < -0.3 is 25.4 Å². The fourth-order valence-electron chi connectivity index (χ4n) is 6.30. The van der Waals surface area contributed by atoms with Crippen LogP contribution >= 0.6 is 11.3 Å². The first-order chi connectivity index (χ1) is 21.8. The van der Waals surface area contributed by atoms with E-state index in [1.807, 2.05) is 35.7 Å². The lowest BCUT2D eigenvalue weighted by atomic mass is 10.1. The van der Waals surface area contributed by atoms with Crippen LogP contribution in [0, 0.1) is 5.92 Å². The second-order valence-corrected chi connectivity index (χ2v) is 12.7. The van der Waals surface area contributed by atoms with Gasteiger partial charge in [0.15, 0.2) is 0 Å². The first-order valence-electron chi connectivity index (χ1n) is 15.6. The molecule has 5 atom stereocenters. The van der Waals surface area contributed by atoms with Crippen molar-refractivity contribution in [3.63, 3.8) is 0 Å². The summed E-state index contributed by atoms with van der Waals surface area (Å²) in [6, 6.07) is 5.54. The van der Waals surface area contributed by atoms with Gasteiger partial charge in [0.2, 0.25) is 11.8 Å². The van der Waals surface area contributed by atoms with Crippen molar-refractivity contribution in [2.24, 2.45) is 11.7 Å². The minimum Gasteiger partial charge on any atom is -0.497 e. The second kappa shape index (κ2) is 13.1. The smallest absolute Gasteiger partial charge is 0.332 e. The minimum atomic E-state index is -1.14. The summed E-state index contributed by atoms with van der Waals surface area (Å²) < 4.78 is 10.7. The minimum absolute atomic E-state index is 0.157. The third-order valence-electron chi connectivity index (χ3n) is 8.89. The summed E-state index contributed by atoms with van der Waals surface area (Å²) in [5.74, 6) is -0.579. The third kappa shape index (κ3) is 6.23. The Labute approximate surface area is 266 Å². The number of ether oxygens (including phenoxy) is 2. The van der Waals surface area contributed by atoms with Crippen molar-refractivity contribution in [1.82, 2.24) is 30.2 Å². The molecule has 2 aromatic heterocycles. The summed E-state index contributed by atoms with van der Waals surface area (Å²) in [6.45, 7) is 2.16. The molecule has 0 radical (unpaired) electrons. The largest absolute Gasteiger partial charge is 0.497 e. The van der Waals surface area contributed by atoms with Gasteiger partial charge in [-0.15, -0.1) is 16.4 Å². The molecule has 1 saturated carbocycles. The Balaban J connectivity index is 1.33. The predicted molar refractivity (Wildman–Crippen MR) is 168 cm³/mol. The van der Waals surface area contributed by atoms with Gasteiger partial charge in [0, 0.05) is 36.0 Å². The topological polar surface area (TPSA) is 155 Å². The Morgan fingerprint density at radius 3 is 2.69 bits per heavy atom. The SMILES string of the molecule is CCOC(=O)C12CC1C=CCCCCCC(N)C(=O)N1CC(n3nc(-c4ccc(OC)cc4)c(-c4nccs4)n3)CC1C(=O)N2. The number of allylic oxidation sites excluding steroid dienone is 1. The third-order valence-corrected chi connectivity index (χ3v) is 9.67. The molecule has 1 saturated heterocycles. The molecular formula is C32H39N7O5S. The van der Waals surface area contributed by atoms with Gasteiger partial charge in [0.1, 0.15) is 33.7 Å². The summed E-state index contributed by atoms with van der Waals surface area (Å²) in [5, 5.41) is 15.3. The standard InChI is InChI=1S/C32H39N7O5S/c1-3-44-31(42)32-18-21(32)9-7-5-4-6-8-10-24(33)30(41)38-19-22(17-25(38)28(40)35-32)39-36-26(20-11-13-23(43-2)14-12-20)27(37-39)29-34-15-16-45-29/h7,9,11-16,21-22,24-25H,3-6,8,10,17-19,33H2,1-2H3,(H,35,40). The van der Waals surface area contributed by atoms with Crippen molar-refractivity contribution in [3.8, 4) is 27.7 Å². The van der Waals surface area contributed by atoms with Crippen LogP contribution in [0.1, 0.15) is 57.9 Å². The molecule has 12 nitrogen and oxygen atoms in total. The van der Waals surface area contributed by atoms with E-state index in [1.54, 1.807) is 29.9 Å². The maximum absolute atomic E-state index is 14.0. The van der Waals surface area contributed by atoms with Gasteiger partial charge in [-0.3, -0.25) is 9.59 Å². The predicted octanol–water partition coefficient (Wildman–Crippen LogP) is 3.50. The van der Waals surface area contributed by atoms with Gasteiger partial charge in [-0.2, -0.15) is 9.90 Å². The lowest BCUT2D eigenvalue weighted by Gasteiger charge is -2.28. The average molecular weight is 634 g/mol. The molecule has 0 spiro atoms. The van der Waals surface area contributed by atoms with E-state index in [1.165, 1.54) is 11.3 Å². The van der Waals surface area contributed by atoms with E-state index >= 15 is 0 Å². The maximum Gasteiger partial charge on any atom is 0.332 e. The number of nitrogens with zero attached hydrogens (tertiary/aromatic N) is 5. The fraction of sp³-hybridized carbons (Fsp3) is 0.500. The number of nitrogens with one attached hydrogen (secondary N) is 1. The molecule has 3 aliphatic rings. The molecule has 238 valence electrons. The number of carbonyl (C=O) groups is 3. The summed E-state index contributed by atoms with van der Waals surface area (Å²) in [6.07, 6.45) is 10.6. The number of carbonyl (C=O) groups excluding carboxylic acids is 3. The summed E-state index contributed by atoms with van der Waals surface area (Å²) in [4.78, 5) is 48.5. The number of esters is 1. The van der Waals surface area contributed by atoms with E-state index < -0.39 is 35.5 Å². The number of hydrogen-bond donors (Lipinski definition) is 2. The van der Waals surface area contributed by atoms with Crippen molar-refractivity contribution >= 4 is 29.1 Å². The first-order valence-corrected chi connectivity index (χ1v) is 16.5. The molecule has 1 aliphatic carbocycles. The molecule has 2 amide bonds. The quantitative estimate of drug-likeness (QED) is 0.307. The molecule has 45 heavy (non-hydrogen) atoms. The van der Waals surface area contributed by atoms with E-state index in [2.05, 4.69) is 16.4 Å². The van der Waals surface area contributed by atoms with Gasteiger partial charge in [-0.05, 0) is 56.9 Å². The highest BCUT2D eigenvalue weighted by molar-refractivity contribution is 7.13. The molecule has 6 rings (SSSR count). The van der Waals surface area contributed by atoms with E-state index in [-0.39, 0.29) is 31.4 Å². The molecule has 2 fully saturated rings. The monoisotopic (exact) mass is 633 g/mol. The highest BCUT2D eigenvalue weighted by atomic mass is 32.1. The Hall–Kier alpha value is -4.10. The molecule has 1 aromatic carbocycles. The van der Waals surface area contributed by atoms with Crippen molar-refractivity contribution in [2.75, 3.05) is 20.3 Å². The lowest BCUT2D eigenvalue weighted by Crippen LogP contribution is -2.55. The van der Waals surface area contributed by atoms with Crippen LogP contribution in [0.3, 0.4) is 0 Å². The number of aromatic nitrogens is 4. The van der Waals surface area contributed by atoms with E-state index in [0.29, 0.717) is 29.2 Å². The van der Waals surface area contributed by atoms with Crippen LogP contribution in [0.4, 0.5) is 0 Å². The first kappa shape index (κ1) is 30.9. The van der Waals surface area contributed by atoms with E-state index in [4.69, 9.17) is 25.4 Å². The number of hydrogen-bond acceptors (Lipinski definition) is 10. The number of amides is 2. The summed E-state index contributed by atoms with van der Waals surface area (Å²) >= 11 is 1.45. The number of fused-ring (bicyclic) bond motifs is 2. The lowest BCUT2D eigenvalue weighted by molar-refractivity contribution is -0.150. The maximum atomic E-state index is 14.0. The molecule has 13 heteroatoms. The number of benzene rings is 1. The van der Waals surface area contributed by atoms with Crippen LogP contribution in [0.25, 0.3) is 22.0 Å². The van der Waals surface area contributed by atoms with Gasteiger partial charge in [-0.1, -0.05) is 25.0 Å². The number of thiazole rings is 1. The Morgan fingerprint density at radius 1 is 1.16 bits per heavy atom. The van der Waals surface area contributed by atoms with Crippen molar-refractivity contribution < 1.29 is 23.9 Å². The molecule has 4 heterocycles. The molecule has 2 aliphatic heterocycles. The fourth-order valence-corrected chi connectivity index (χ4v) is 6.92. The summed E-state index contributed by atoms with van der Waals surface area (Å²) in [5.41, 5.74) is 7.37. The molecule has 3 N–H and O–H groups in total. The Bertz CT molecular complexity index is 1560. The second-order valence-electron chi connectivity index (χ2n) is 11.8. The average Bonchev–Trinajstić information content (AvgIpc) is 3.51. The van der Waals surface area contributed by atoms with Crippen LogP contribution in [-0.4, -0.2) is 80.5 Å². The van der Waals surface area contributed by atoms with Crippen LogP contribution in [0.15, 0.2) is 48.0 Å².